The summed E-state index contributed by atoms with van der Waals surface area (Å²) in [6, 6.07) is 0. The number of hydrogen-bond donors (Lipinski definition) is 0. The van der Waals surface area contributed by atoms with Gasteiger partial charge < -0.3 is 4.74 Å². The molecule has 0 aromatic heterocycles. The van der Waals surface area contributed by atoms with Gasteiger partial charge in [-0.05, 0) is 30.4 Å². The Morgan fingerprint density at radius 2 is 2.33 bits per heavy atom. The second-order valence-corrected chi connectivity index (χ2v) is 5.27. The van der Waals surface area contributed by atoms with E-state index in [1.165, 1.54) is 18.4 Å². The fourth-order valence-electron chi connectivity index (χ4n) is 3.13. The van der Waals surface area contributed by atoms with Crippen molar-refractivity contribution in [3.63, 3.8) is 0 Å². The van der Waals surface area contributed by atoms with E-state index in [1.807, 2.05) is 6.26 Å². The molecule has 3 rings (SSSR count). The summed E-state index contributed by atoms with van der Waals surface area (Å²) < 4.78 is 5.60. The van der Waals surface area contributed by atoms with Crippen molar-refractivity contribution in [3.05, 3.63) is 35.6 Å². The molecule has 3 atom stereocenters. The van der Waals surface area contributed by atoms with Gasteiger partial charge in [-0.2, -0.15) is 0 Å². The van der Waals surface area contributed by atoms with Gasteiger partial charge in [0.25, 0.3) is 0 Å². The van der Waals surface area contributed by atoms with E-state index in [9.17, 15) is 0 Å². The summed E-state index contributed by atoms with van der Waals surface area (Å²) in [5.41, 5.74) is 3.28. The van der Waals surface area contributed by atoms with Crippen molar-refractivity contribution in [3.8, 4) is 0 Å². The van der Waals surface area contributed by atoms with Crippen LogP contribution in [-0.4, -0.2) is 6.10 Å². The van der Waals surface area contributed by atoms with E-state index in [0.29, 0.717) is 11.5 Å². The Bertz CT molecular complexity index is 375. The highest BCUT2D eigenvalue weighted by Gasteiger charge is 2.41. The maximum atomic E-state index is 5.60. The molecule has 0 radical (unpaired) electrons. The van der Waals surface area contributed by atoms with Crippen LogP contribution in [0.3, 0.4) is 0 Å². The topological polar surface area (TPSA) is 9.23 Å². The molecule has 0 N–H and O–H groups in total. The quantitative estimate of drug-likeness (QED) is 0.545. The van der Waals surface area contributed by atoms with Gasteiger partial charge in [-0.25, -0.2) is 0 Å². The predicted octanol–water partition coefficient (Wildman–Crippen LogP) is 3.59. The fourth-order valence-corrected chi connectivity index (χ4v) is 3.13. The third-order valence-corrected chi connectivity index (χ3v) is 4.45. The third kappa shape index (κ3) is 1.22. The molecule has 15 heavy (non-hydrogen) atoms. The van der Waals surface area contributed by atoms with Gasteiger partial charge in [0, 0.05) is 11.8 Å². The minimum atomic E-state index is 0.294. The molecule has 3 aliphatic rings. The molecule has 0 fully saturated rings. The van der Waals surface area contributed by atoms with Gasteiger partial charge in [-0.1, -0.05) is 31.6 Å². The Morgan fingerprint density at radius 3 is 3.20 bits per heavy atom. The fraction of sp³-hybridized carbons (Fsp3) is 0.571. The van der Waals surface area contributed by atoms with Crippen molar-refractivity contribution in [1.82, 2.24) is 0 Å². The van der Waals surface area contributed by atoms with Crippen LogP contribution < -0.4 is 0 Å². The summed E-state index contributed by atoms with van der Waals surface area (Å²) in [6.07, 6.45) is 12.8. The molecular weight excluding hydrogens is 184 g/mol. The van der Waals surface area contributed by atoms with Gasteiger partial charge in [0.05, 0.1) is 6.26 Å². The van der Waals surface area contributed by atoms with Crippen LogP contribution in [0.4, 0.5) is 0 Å². The van der Waals surface area contributed by atoms with Gasteiger partial charge in [0.15, 0.2) is 0 Å². The van der Waals surface area contributed by atoms with E-state index in [1.54, 1.807) is 5.57 Å². The monoisotopic (exact) mass is 202 g/mol. The molecular formula is C14H18O. The van der Waals surface area contributed by atoms with Crippen LogP contribution in [0.5, 0.6) is 0 Å². The van der Waals surface area contributed by atoms with Crippen LogP contribution in [0.25, 0.3) is 0 Å². The molecule has 0 amide bonds. The van der Waals surface area contributed by atoms with E-state index in [4.69, 9.17) is 4.74 Å². The van der Waals surface area contributed by atoms with Crippen LogP contribution in [0.2, 0.25) is 0 Å². The zero-order valence-electron chi connectivity index (χ0n) is 9.49. The predicted molar refractivity (Wildman–Crippen MR) is 61.3 cm³/mol. The zero-order chi connectivity index (χ0) is 10.5. The molecule has 0 aromatic carbocycles. The lowest BCUT2D eigenvalue weighted by Crippen LogP contribution is -2.34. The average Bonchev–Trinajstić information content (AvgIpc) is 2.63. The van der Waals surface area contributed by atoms with E-state index < -0.39 is 0 Å². The van der Waals surface area contributed by atoms with Crippen molar-refractivity contribution in [1.29, 1.82) is 0 Å². The molecule has 1 heterocycles. The lowest BCUT2D eigenvalue weighted by molar-refractivity contribution is 0.167. The Kier molecular flexibility index (Phi) is 1.86. The standard InChI is InChI=1S/C14H18O/c1-10-4-3-5-12-8-13-11(6-7-15-13)9-14(10,12)2/h5-7,9-10,13H,3-4,8H2,1-2H3/t10-,13+,14-/m1/s1. The minimum absolute atomic E-state index is 0.294. The Balaban J connectivity index is 2.07. The van der Waals surface area contributed by atoms with Crippen molar-refractivity contribution in [2.24, 2.45) is 11.3 Å². The highest BCUT2D eigenvalue weighted by atomic mass is 16.5. The summed E-state index contributed by atoms with van der Waals surface area (Å²) in [6.45, 7) is 4.77. The number of ether oxygens (including phenoxy) is 1. The summed E-state index contributed by atoms with van der Waals surface area (Å²) in [4.78, 5) is 0. The molecule has 2 aliphatic carbocycles. The van der Waals surface area contributed by atoms with Crippen molar-refractivity contribution < 1.29 is 4.74 Å². The van der Waals surface area contributed by atoms with Gasteiger partial charge in [-0.15, -0.1) is 0 Å². The number of hydrogen-bond acceptors (Lipinski definition) is 1. The third-order valence-electron chi connectivity index (χ3n) is 4.45. The molecule has 0 aromatic rings. The first-order valence-electron chi connectivity index (χ1n) is 5.94. The molecule has 0 unspecified atom stereocenters. The smallest absolute Gasteiger partial charge is 0.126 e. The maximum absolute atomic E-state index is 5.60. The summed E-state index contributed by atoms with van der Waals surface area (Å²) >= 11 is 0. The zero-order valence-corrected chi connectivity index (χ0v) is 9.49. The molecule has 0 bridgehead atoms. The minimum Gasteiger partial charge on any atom is -0.493 e. The Morgan fingerprint density at radius 1 is 1.47 bits per heavy atom. The highest BCUT2D eigenvalue weighted by molar-refractivity contribution is 5.41. The second kappa shape index (κ2) is 3.01. The SMILES string of the molecule is C[C@@H]1CCC=C2C[C@@H]3OC=CC3=C[C@@]21C. The molecule has 1 nitrogen and oxygen atoms in total. The second-order valence-electron chi connectivity index (χ2n) is 5.27. The number of rotatable bonds is 0. The molecule has 1 aliphatic heterocycles. The van der Waals surface area contributed by atoms with Gasteiger partial charge in [0.2, 0.25) is 0 Å². The van der Waals surface area contributed by atoms with Gasteiger partial charge >= 0.3 is 0 Å². The normalized spacial score (nSPS) is 42.5. The van der Waals surface area contributed by atoms with E-state index >= 15 is 0 Å². The van der Waals surface area contributed by atoms with E-state index in [2.05, 4.69) is 32.1 Å². The summed E-state index contributed by atoms with van der Waals surface area (Å²) in [5, 5.41) is 0. The van der Waals surface area contributed by atoms with Crippen molar-refractivity contribution >= 4 is 0 Å². The first-order valence-corrected chi connectivity index (χ1v) is 5.94. The molecule has 0 saturated heterocycles. The van der Waals surface area contributed by atoms with E-state index in [0.717, 1.165) is 12.3 Å². The Labute approximate surface area is 91.5 Å². The summed E-state index contributed by atoms with van der Waals surface area (Å²) in [5.74, 6) is 0.764. The van der Waals surface area contributed by atoms with Crippen LogP contribution in [-0.2, 0) is 4.74 Å². The highest BCUT2D eigenvalue weighted by Crippen LogP contribution is 2.50. The Hall–Kier alpha value is -0.980. The van der Waals surface area contributed by atoms with E-state index in [-0.39, 0.29) is 0 Å². The van der Waals surface area contributed by atoms with Crippen LogP contribution in [0.15, 0.2) is 35.6 Å². The van der Waals surface area contributed by atoms with Crippen LogP contribution in [0, 0.1) is 11.3 Å². The van der Waals surface area contributed by atoms with Gasteiger partial charge in [-0.3, -0.25) is 0 Å². The van der Waals surface area contributed by atoms with Crippen LogP contribution >= 0.6 is 0 Å². The molecule has 80 valence electrons. The lowest BCUT2D eigenvalue weighted by Gasteiger charge is -2.43. The largest absolute Gasteiger partial charge is 0.493 e. The van der Waals surface area contributed by atoms with Crippen LogP contribution in [0.1, 0.15) is 33.1 Å². The molecule has 1 heteroatoms. The first kappa shape index (κ1) is 9.26. The average molecular weight is 202 g/mol. The summed E-state index contributed by atoms with van der Waals surface area (Å²) in [7, 11) is 0. The molecule has 0 saturated carbocycles. The maximum Gasteiger partial charge on any atom is 0.126 e. The lowest BCUT2D eigenvalue weighted by atomic mass is 9.62. The number of allylic oxidation sites excluding steroid dienone is 2. The van der Waals surface area contributed by atoms with Crippen molar-refractivity contribution in [2.75, 3.05) is 0 Å². The van der Waals surface area contributed by atoms with Gasteiger partial charge in [0.1, 0.15) is 6.10 Å². The first-order chi connectivity index (χ1) is 7.20. The van der Waals surface area contributed by atoms with Crippen molar-refractivity contribution in [2.45, 2.75) is 39.2 Å². The number of fused-ring (bicyclic) bond motifs is 2. The molecule has 0 spiro atoms.